The topological polar surface area (TPSA) is 163 Å². The highest BCUT2D eigenvalue weighted by atomic mass is 32.2. The van der Waals surface area contributed by atoms with Crippen molar-refractivity contribution in [3.63, 3.8) is 0 Å². The number of likely N-dealkylation sites (tertiary alicyclic amines) is 1. The summed E-state index contributed by atoms with van der Waals surface area (Å²) in [5.74, 6) is 1.22. The second-order valence-corrected chi connectivity index (χ2v) is 15.3. The van der Waals surface area contributed by atoms with E-state index in [2.05, 4.69) is 10.4 Å². The number of benzene rings is 1. The molecule has 270 valence electrons. The van der Waals surface area contributed by atoms with E-state index in [1.807, 2.05) is 20.8 Å². The number of piperidine rings is 1. The van der Waals surface area contributed by atoms with Gasteiger partial charge >= 0.3 is 12.2 Å². The molecule has 1 unspecified atom stereocenters. The largest absolute Gasteiger partial charge is 0.491 e. The minimum absolute atomic E-state index is 0.0214. The van der Waals surface area contributed by atoms with Crippen LogP contribution in [-0.2, 0) is 34.9 Å². The summed E-state index contributed by atoms with van der Waals surface area (Å²) in [6.07, 6.45) is 2.87. The van der Waals surface area contributed by atoms with Crippen LogP contribution < -0.4 is 15.0 Å². The number of aromatic nitrogens is 3. The molecule has 2 aromatic heterocycles. The van der Waals surface area contributed by atoms with Gasteiger partial charge in [-0.15, -0.1) is 0 Å². The highest BCUT2D eigenvalue weighted by molar-refractivity contribution is 7.85. The SMILES string of the molecule is COCCOc1ccc(N(C(=O)OC(C)(C)C)c2c(CCOS(C)(=O)=O)c(NC3CCCN(C(=O)OC(C)(C)C)C3)nc3ccnn23)cc1. The second-order valence-electron chi connectivity index (χ2n) is 13.7. The first kappa shape index (κ1) is 37.7. The lowest BCUT2D eigenvalue weighted by atomic mass is 10.1. The van der Waals surface area contributed by atoms with Crippen molar-refractivity contribution in [1.29, 1.82) is 0 Å². The Hall–Kier alpha value is -4.15. The maximum atomic E-state index is 14.1. The minimum atomic E-state index is -3.79. The smallest absolute Gasteiger partial charge is 0.420 e. The Morgan fingerprint density at radius 2 is 1.69 bits per heavy atom. The summed E-state index contributed by atoms with van der Waals surface area (Å²) in [7, 11) is -2.20. The number of hydrogen-bond acceptors (Lipinski definition) is 12. The second kappa shape index (κ2) is 15.6. The highest BCUT2D eigenvalue weighted by Crippen LogP contribution is 2.36. The van der Waals surface area contributed by atoms with Crippen molar-refractivity contribution >= 4 is 45.3 Å². The van der Waals surface area contributed by atoms with Crippen LogP contribution >= 0.6 is 0 Å². The zero-order valence-corrected chi connectivity index (χ0v) is 30.3. The molecule has 3 aromatic rings. The maximum Gasteiger partial charge on any atom is 0.420 e. The molecule has 1 atom stereocenters. The van der Waals surface area contributed by atoms with Crippen molar-refractivity contribution in [3.8, 4) is 5.75 Å². The first-order chi connectivity index (χ1) is 22.9. The number of ether oxygens (including phenoxy) is 4. The predicted octanol–water partition coefficient (Wildman–Crippen LogP) is 5.16. The monoisotopic (exact) mass is 704 g/mol. The van der Waals surface area contributed by atoms with Crippen LogP contribution in [0.2, 0.25) is 0 Å². The van der Waals surface area contributed by atoms with Gasteiger partial charge in [0, 0.05) is 44.3 Å². The van der Waals surface area contributed by atoms with Crippen molar-refractivity contribution in [2.24, 2.45) is 0 Å². The van der Waals surface area contributed by atoms with Gasteiger partial charge in [0.05, 0.1) is 31.4 Å². The lowest BCUT2D eigenvalue weighted by molar-refractivity contribution is 0.0206. The summed E-state index contributed by atoms with van der Waals surface area (Å²) in [4.78, 5) is 34.9. The average Bonchev–Trinajstić information content (AvgIpc) is 3.45. The minimum Gasteiger partial charge on any atom is -0.491 e. The van der Waals surface area contributed by atoms with Gasteiger partial charge in [-0.05, 0) is 78.6 Å². The molecule has 3 heterocycles. The van der Waals surface area contributed by atoms with Crippen LogP contribution in [0.1, 0.15) is 59.9 Å². The number of anilines is 3. The van der Waals surface area contributed by atoms with Gasteiger partial charge in [0.2, 0.25) is 0 Å². The van der Waals surface area contributed by atoms with Gasteiger partial charge in [-0.1, -0.05) is 0 Å². The molecule has 0 radical (unpaired) electrons. The van der Waals surface area contributed by atoms with Crippen LogP contribution in [0.3, 0.4) is 0 Å². The molecule has 0 saturated carbocycles. The number of fused-ring (bicyclic) bond motifs is 1. The third kappa shape index (κ3) is 10.9. The van der Waals surface area contributed by atoms with Gasteiger partial charge in [-0.25, -0.2) is 19.5 Å². The van der Waals surface area contributed by atoms with Crippen LogP contribution in [0.5, 0.6) is 5.75 Å². The Balaban J connectivity index is 1.83. The van der Waals surface area contributed by atoms with Crippen LogP contribution in [-0.4, -0.2) is 104 Å². The standard InChI is InChI=1S/C33H48N6O9S/c1-32(2,3)47-30(40)37-18-9-10-23(22-37)35-28-26(16-19-46-49(8,42)43)29(39-27(36-28)15-17-34-39)38(31(41)48-33(4,5)6)24-11-13-25(14-12-24)45-21-20-44-7/h11-15,17,23H,9-10,16,18-22H2,1-8H3,(H,35,36). The van der Waals surface area contributed by atoms with E-state index in [1.54, 1.807) is 69.3 Å². The lowest BCUT2D eigenvalue weighted by Gasteiger charge is -2.35. The average molecular weight is 705 g/mol. The summed E-state index contributed by atoms with van der Waals surface area (Å²) < 4.78 is 53.0. The Morgan fingerprint density at radius 1 is 1.00 bits per heavy atom. The molecule has 2 amide bonds. The van der Waals surface area contributed by atoms with Gasteiger partial charge in [0.25, 0.3) is 10.1 Å². The molecule has 16 heteroatoms. The van der Waals surface area contributed by atoms with Gasteiger partial charge in [-0.3, -0.25) is 4.18 Å². The molecule has 1 aliphatic heterocycles. The normalized spacial score (nSPS) is 15.6. The predicted molar refractivity (Wildman–Crippen MR) is 184 cm³/mol. The maximum absolute atomic E-state index is 14.1. The fourth-order valence-electron chi connectivity index (χ4n) is 5.17. The van der Waals surface area contributed by atoms with E-state index < -0.39 is 33.5 Å². The summed E-state index contributed by atoms with van der Waals surface area (Å²) in [6, 6.07) is 8.34. The first-order valence-corrected chi connectivity index (χ1v) is 18.0. The Bertz CT molecular complexity index is 1700. The molecule has 0 bridgehead atoms. The van der Waals surface area contributed by atoms with Gasteiger partial charge < -0.3 is 29.2 Å². The molecule has 1 N–H and O–H groups in total. The molecule has 0 aliphatic carbocycles. The van der Waals surface area contributed by atoms with E-state index >= 15 is 0 Å². The van der Waals surface area contributed by atoms with E-state index in [1.165, 1.54) is 9.42 Å². The van der Waals surface area contributed by atoms with E-state index in [4.69, 9.17) is 28.1 Å². The number of carbonyl (C=O) groups is 2. The molecule has 1 fully saturated rings. The molecule has 1 aliphatic rings. The fraction of sp³-hybridized carbons (Fsp3) is 0.576. The molecule has 1 aromatic carbocycles. The highest BCUT2D eigenvalue weighted by Gasteiger charge is 2.33. The van der Waals surface area contributed by atoms with Crippen molar-refractivity contribution in [2.75, 3.05) is 56.5 Å². The fourth-order valence-corrected chi connectivity index (χ4v) is 5.56. The molecular weight excluding hydrogens is 656 g/mol. The summed E-state index contributed by atoms with van der Waals surface area (Å²) in [5, 5.41) is 7.98. The van der Waals surface area contributed by atoms with Crippen LogP contribution in [0, 0.1) is 0 Å². The van der Waals surface area contributed by atoms with Crippen molar-refractivity contribution in [3.05, 3.63) is 42.1 Å². The van der Waals surface area contributed by atoms with E-state index in [-0.39, 0.29) is 24.9 Å². The molecule has 4 rings (SSSR count). The molecular formula is C33H48N6O9S. The van der Waals surface area contributed by atoms with Crippen molar-refractivity contribution < 1.29 is 41.1 Å². The molecule has 15 nitrogen and oxygen atoms in total. The molecule has 1 saturated heterocycles. The van der Waals surface area contributed by atoms with Gasteiger partial charge in [0.15, 0.2) is 11.5 Å². The van der Waals surface area contributed by atoms with Crippen LogP contribution in [0.4, 0.5) is 26.9 Å². The van der Waals surface area contributed by atoms with E-state index in [0.717, 1.165) is 12.7 Å². The van der Waals surface area contributed by atoms with Crippen LogP contribution in [0.15, 0.2) is 36.5 Å². The third-order valence-corrected chi connectivity index (χ3v) is 7.70. The Labute approximate surface area is 287 Å². The third-order valence-electron chi connectivity index (χ3n) is 7.11. The zero-order valence-electron chi connectivity index (χ0n) is 29.5. The molecule has 49 heavy (non-hydrogen) atoms. The first-order valence-electron chi connectivity index (χ1n) is 16.1. The Morgan fingerprint density at radius 3 is 2.33 bits per heavy atom. The number of nitrogens with one attached hydrogen (secondary N) is 1. The number of nitrogens with zero attached hydrogens (tertiary/aromatic N) is 5. The quantitative estimate of drug-likeness (QED) is 0.195. The Kier molecular flexibility index (Phi) is 12.0. The van der Waals surface area contributed by atoms with Crippen molar-refractivity contribution in [1.82, 2.24) is 19.5 Å². The van der Waals surface area contributed by atoms with Gasteiger partial charge in [-0.2, -0.15) is 18.0 Å². The van der Waals surface area contributed by atoms with E-state index in [0.29, 0.717) is 61.2 Å². The summed E-state index contributed by atoms with van der Waals surface area (Å²) in [5.41, 5.74) is -0.212. The van der Waals surface area contributed by atoms with Crippen molar-refractivity contribution in [2.45, 2.75) is 78.0 Å². The lowest BCUT2D eigenvalue weighted by Crippen LogP contribution is -2.47. The number of methoxy groups -OCH3 is 1. The molecule has 0 spiro atoms. The number of amides is 2. The summed E-state index contributed by atoms with van der Waals surface area (Å²) >= 11 is 0. The zero-order chi connectivity index (χ0) is 36.0. The van der Waals surface area contributed by atoms with E-state index in [9.17, 15) is 18.0 Å². The van der Waals surface area contributed by atoms with Crippen LogP contribution in [0.25, 0.3) is 5.65 Å². The van der Waals surface area contributed by atoms with Gasteiger partial charge in [0.1, 0.15) is 29.4 Å². The number of carbonyl (C=O) groups excluding carboxylic acids is 2. The number of hydrogen-bond donors (Lipinski definition) is 1. The number of rotatable bonds is 12. The summed E-state index contributed by atoms with van der Waals surface area (Å²) in [6.45, 7) is 12.1.